The zero-order valence-corrected chi connectivity index (χ0v) is 10.6. The van der Waals surface area contributed by atoms with Crippen molar-refractivity contribution in [3.8, 4) is 5.75 Å². The fraction of sp³-hybridized carbons (Fsp3) is 0.538. The van der Waals surface area contributed by atoms with Crippen LogP contribution in [0.4, 0.5) is 0 Å². The fourth-order valence-electron chi connectivity index (χ4n) is 1.97. The summed E-state index contributed by atoms with van der Waals surface area (Å²) < 4.78 is 5.85. The first-order valence-electron chi connectivity index (χ1n) is 5.75. The zero-order chi connectivity index (χ0) is 10.5. The Bertz CT molecular complexity index is 311. The van der Waals surface area contributed by atoms with E-state index in [0.29, 0.717) is 0 Å². The van der Waals surface area contributed by atoms with Gasteiger partial charge in [-0.1, -0.05) is 18.2 Å². The molecule has 1 aromatic rings. The molecule has 1 aliphatic rings. The maximum absolute atomic E-state index is 5.85. The molecule has 2 rings (SSSR count). The summed E-state index contributed by atoms with van der Waals surface area (Å²) in [5, 5.41) is 3.37. The van der Waals surface area contributed by atoms with E-state index in [0.717, 1.165) is 31.4 Å². The highest BCUT2D eigenvalue weighted by Crippen LogP contribution is 2.19. The van der Waals surface area contributed by atoms with Crippen LogP contribution in [0.1, 0.15) is 18.4 Å². The summed E-state index contributed by atoms with van der Waals surface area (Å²) in [6, 6.07) is 8.23. The van der Waals surface area contributed by atoms with Gasteiger partial charge in [0.15, 0.2) is 0 Å². The van der Waals surface area contributed by atoms with E-state index in [-0.39, 0.29) is 12.4 Å². The molecule has 0 unspecified atom stereocenters. The number of hydrogen-bond acceptors (Lipinski definition) is 2. The van der Waals surface area contributed by atoms with Crippen LogP contribution in [0, 0.1) is 12.8 Å². The highest BCUT2D eigenvalue weighted by Gasteiger charge is 2.13. The van der Waals surface area contributed by atoms with Gasteiger partial charge >= 0.3 is 0 Å². The van der Waals surface area contributed by atoms with Crippen LogP contribution in [0.15, 0.2) is 24.3 Å². The van der Waals surface area contributed by atoms with Gasteiger partial charge in [-0.25, -0.2) is 0 Å². The predicted octanol–water partition coefficient (Wildman–Crippen LogP) is 2.80. The molecule has 1 N–H and O–H groups in total. The number of hydrogen-bond donors (Lipinski definition) is 1. The number of aryl methyl sites for hydroxylation is 1. The molecule has 16 heavy (non-hydrogen) atoms. The van der Waals surface area contributed by atoms with Gasteiger partial charge in [0.05, 0.1) is 6.61 Å². The second kappa shape index (κ2) is 6.77. The van der Waals surface area contributed by atoms with E-state index in [1.54, 1.807) is 0 Å². The van der Waals surface area contributed by atoms with Gasteiger partial charge in [0.2, 0.25) is 0 Å². The van der Waals surface area contributed by atoms with E-state index in [1.807, 2.05) is 12.1 Å². The Morgan fingerprint density at radius 3 is 2.62 bits per heavy atom. The number of halogens is 1. The minimum Gasteiger partial charge on any atom is -0.493 e. The molecule has 0 aromatic heterocycles. The molecule has 1 fully saturated rings. The molecule has 0 atom stereocenters. The van der Waals surface area contributed by atoms with Crippen LogP contribution in [0.25, 0.3) is 0 Å². The zero-order valence-electron chi connectivity index (χ0n) is 9.74. The lowest BCUT2D eigenvalue weighted by atomic mass is 9.99. The van der Waals surface area contributed by atoms with Crippen molar-refractivity contribution in [2.45, 2.75) is 19.8 Å². The molecular formula is C13H20ClNO. The van der Waals surface area contributed by atoms with Gasteiger partial charge in [-0.05, 0) is 50.4 Å². The van der Waals surface area contributed by atoms with Crippen LogP contribution in [0.2, 0.25) is 0 Å². The molecule has 90 valence electrons. The second-order valence-electron chi connectivity index (χ2n) is 4.27. The lowest BCUT2D eigenvalue weighted by Crippen LogP contribution is -2.30. The molecule has 0 spiro atoms. The first kappa shape index (κ1) is 13.3. The van der Waals surface area contributed by atoms with Gasteiger partial charge in [-0.2, -0.15) is 0 Å². The number of rotatable bonds is 3. The number of ether oxygens (including phenoxy) is 1. The van der Waals surface area contributed by atoms with Crippen molar-refractivity contribution < 1.29 is 4.74 Å². The highest BCUT2D eigenvalue weighted by atomic mass is 35.5. The van der Waals surface area contributed by atoms with E-state index in [9.17, 15) is 0 Å². The second-order valence-corrected chi connectivity index (χ2v) is 4.27. The van der Waals surface area contributed by atoms with Crippen molar-refractivity contribution in [3.63, 3.8) is 0 Å². The third kappa shape index (κ3) is 3.69. The number of benzene rings is 1. The minimum absolute atomic E-state index is 0. The third-order valence-electron chi connectivity index (χ3n) is 3.03. The summed E-state index contributed by atoms with van der Waals surface area (Å²) in [7, 11) is 0. The molecule has 0 saturated carbocycles. The summed E-state index contributed by atoms with van der Waals surface area (Å²) in [5.74, 6) is 1.77. The summed E-state index contributed by atoms with van der Waals surface area (Å²) in [6.45, 7) is 5.24. The van der Waals surface area contributed by atoms with Gasteiger partial charge in [-0.3, -0.25) is 0 Å². The van der Waals surface area contributed by atoms with E-state index in [1.165, 1.54) is 18.4 Å². The molecule has 1 aliphatic heterocycles. The van der Waals surface area contributed by atoms with E-state index in [4.69, 9.17) is 4.74 Å². The topological polar surface area (TPSA) is 21.3 Å². The number of para-hydroxylation sites is 1. The van der Waals surface area contributed by atoms with Crippen LogP contribution >= 0.6 is 12.4 Å². The molecule has 0 radical (unpaired) electrons. The van der Waals surface area contributed by atoms with Gasteiger partial charge in [-0.15, -0.1) is 12.4 Å². The van der Waals surface area contributed by atoms with Crippen molar-refractivity contribution >= 4 is 12.4 Å². The molecule has 1 aromatic carbocycles. The standard InChI is InChI=1S/C13H19NO.ClH/c1-11-4-2-3-5-13(11)15-10-12-6-8-14-9-7-12;/h2-5,12,14H,6-10H2,1H3;1H. The molecule has 0 bridgehead atoms. The van der Waals surface area contributed by atoms with Crippen molar-refractivity contribution in [1.29, 1.82) is 0 Å². The SMILES string of the molecule is Cc1ccccc1OCC1CCNCC1.Cl. The Balaban J connectivity index is 0.00000128. The van der Waals surface area contributed by atoms with Gasteiger partial charge in [0.25, 0.3) is 0 Å². The highest BCUT2D eigenvalue weighted by molar-refractivity contribution is 5.85. The minimum atomic E-state index is 0. The monoisotopic (exact) mass is 241 g/mol. The van der Waals surface area contributed by atoms with Crippen molar-refractivity contribution in [1.82, 2.24) is 5.32 Å². The van der Waals surface area contributed by atoms with Crippen molar-refractivity contribution in [2.24, 2.45) is 5.92 Å². The Morgan fingerprint density at radius 1 is 1.25 bits per heavy atom. The first-order valence-corrected chi connectivity index (χ1v) is 5.75. The largest absolute Gasteiger partial charge is 0.493 e. The summed E-state index contributed by atoms with van der Waals surface area (Å²) >= 11 is 0. The lowest BCUT2D eigenvalue weighted by Gasteiger charge is -2.23. The van der Waals surface area contributed by atoms with Gasteiger partial charge < -0.3 is 10.1 Å². The lowest BCUT2D eigenvalue weighted by molar-refractivity contribution is 0.214. The van der Waals surface area contributed by atoms with Crippen molar-refractivity contribution in [3.05, 3.63) is 29.8 Å². The molecule has 1 heterocycles. The average Bonchev–Trinajstić information content (AvgIpc) is 2.29. The smallest absolute Gasteiger partial charge is 0.122 e. The maximum Gasteiger partial charge on any atom is 0.122 e. The van der Waals surface area contributed by atoms with Gasteiger partial charge in [0.1, 0.15) is 5.75 Å². The average molecular weight is 242 g/mol. The van der Waals surface area contributed by atoms with Crippen LogP contribution < -0.4 is 10.1 Å². The van der Waals surface area contributed by atoms with Crippen LogP contribution in [0.5, 0.6) is 5.75 Å². The van der Waals surface area contributed by atoms with E-state index < -0.39 is 0 Å². The number of piperidine rings is 1. The normalized spacial score (nSPS) is 16.6. The third-order valence-corrected chi connectivity index (χ3v) is 3.03. The Morgan fingerprint density at radius 2 is 1.94 bits per heavy atom. The Labute approximate surface area is 104 Å². The molecule has 2 nitrogen and oxygen atoms in total. The summed E-state index contributed by atoms with van der Waals surface area (Å²) in [5.41, 5.74) is 1.23. The summed E-state index contributed by atoms with van der Waals surface area (Å²) in [4.78, 5) is 0. The van der Waals surface area contributed by atoms with E-state index >= 15 is 0 Å². The quantitative estimate of drug-likeness (QED) is 0.879. The first-order chi connectivity index (χ1) is 7.36. The maximum atomic E-state index is 5.85. The predicted molar refractivity (Wildman–Crippen MR) is 69.5 cm³/mol. The Kier molecular flexibility index (Phi) is 5.64. The molecule has 0 aliphatic carbocycles. The van der Waals surface area contributed by atoms with Crippen LogP contribution in [-0.2, 0) is 0 Å². The number of nitrogens with one attached hydrogen (secondary N) is 1. The van der Waals surface area contributed by atoms with Crippen LogP contribution in [-0.4, -0.2) is 19.7 Å². The van der Waals surface area contributed by atoms with Crippen LogP contribution in [0.3, 0.4) is 0 Å². The Hall–Kier alpha value is -0.730. The molecular weight excluding hydrogens is 222 g/mol. The molecule has 1 saturated heterocycles. The fourth-order valence-corrected chi connectivity index (χ4v) is 1.97. The van der Waals surface area contributed by atoms with E-state index in [2.05, 4.69) is 24.4 Å². The van der Waals surface area contributed by atoms with Crippen molar-refractivity contribution in [2.75, 3.05) is 19.7 Å². The summed E-state index contributed by atoms with van der Waals surface area (Å²) in [6.07, 6.45) is 2.48. The van der Waals surface area contributed by atoms with Gasteiger partial charge in [0, 0.05) is 0 Å². The molecule has 3 heteroatoms. The molecule has 0 amide bonds.